The van der Waals surface area contributed by atoms with Gasteiger partial charge in [-0.05, 0) is 48.2 Å². The molecule has 2 N–H and O–H groups in total. The van der Waals surface area contributed by atoms with Crippen molar-refractivity contribution in [3.8, 4) is 0 Å². The first-order chi connectivity index (χ1) is 13.0. The molecular formula is C20H20ClN3O3. The second kappa shape index (κ2) is 8.33. The fraction of sp³-hybridized carbons (Fsp3) is 0.250. The number of aryl methyl sites for hydroxylation is 2. The van der Waals surface area contributed by atoms with Crippen LogP contribution in [0.15, 0.2) is 47.3 Å². The largest absolute Gasteiger partial charge is 0.396 e. The van der Waals surface area contributed by atoms with Crippen molar-refractivity contribution in [3.05, 3.63) is 74.5 Å². The van der Waals surface area contributed by atoms with Gasteiger partial charge in [0.1, 0.15) is 0 Å². The molecule has 0 bridgehead atoms. The Morgan fingerprint density at radius 1 is 1.19 bits per heavy atom. The lowest BCUT2D eigenvalue weighted by atomic mass is 10.1. The summed E-state index contributed by atoms with van der Waals surface area (Å²) >= 11 is 5.85. The van der Waals surface area contributed by atoms with Crippen molar-refractivity contribution in [2.45, 2.75) is 19.4 Å². The van der Waals surface area contributed by atoms with Crippen molar-refractivity contribution in [1.29, 1.82) is 0 Å². The Kier molecular flexibility index (Phi) is 5.88. The Bertz CT molecular complexity index is 1030. The lowest BCUT2D eigenvalue weighted by Gasteiger charge is -2.10. The molecule has 0 saturated heterocycles. The van der Waals surface area contributed by atoms with E-state index in [2.05, 4.69) is 10.4 Å². The van der Waals surface area contributed by atoms with Gasteiger partial charge in [0, 0.05) is 25.2 Å². The maximum absolute atomic E-state index is 12.8. The van der Waals surface area contributed by atoms with E-state index in [1.807, 2.05) is 24.3 Å². The normalized spacial score (nSPS) is 10.9. The van der Waals surface area contributed by atoms with Gasteiger partial charge in [0.05, 0.1) is 10.9 Å². The van der Waals surface area contributed by atoms with Gasteiger partial charge in [0.15, 0.2) is 5.69 Å². The smallest absolute Gasteiger partial charge is 0.276 e. The maximum Gasteiger partial charge on any atom is 0.276 e. The number of carbonyl (C=O) groups is 1. The number of halogens is 1. The average Bonchev–Trinajstić information content (AvgIpc) is 2.68. The SMILES string of the molecule is Cn1nc(C(=O)NCc2ccc(Cl)cc2)c(=O)c2cc(CCCO)ccc21. The van der Waals surface area contributed by atoms with Gasteiger partial charge in [-0.25, -0.2) is 0 Å². The zero-order valence-corrected chi connectivity index (χ0v) is 15.7. The van der Waals surface area contributed by atoms with E-state index < -0.39 is 11.3 Å². The van der Waals surface area contributed by atoms with Crippen LogP contribution in [0.25, 0.3) is 10.9 Å². The van der Waals surface area contributed by atoms with E-state index in [-0.39, 0.29) is 18.8 Å². The molecule has 0 aliphatic rings. The summed E-state index contributed by atoms with van der Waals surface area (Å²) in [5.74, 6) is -0.520. The van der Waals surface area contributed by atoms with E-state index in [9.17, 15) is 9.59 Å². The number of aliphatic hydroxyl groups excluding tert-OH is 1. The van der Waals surface area contributed by atoms with Crippen molar-refractivity contribution < 1.29 is 9.90 Å². The summed E-state index contributed by atoms with van der Waals surface area (Å²) < 4.78 is 1.53. The summed E-state index contributed by atoms with van der Waals surface area (Å²) in [5.41, 5.74) is 1.92. The van der Waals surface area contributed by atoms with Gasteiger partial charge in [0.2, 0.25) is 5.43 Å². The number of carbonyl (C=O) groups excluding carboxylic acids is 1. The van der Waals surface area contributed by atoms with Crippen LogP contribution in [0.5, 0.6) is 0 Å². The molecule has 6 nitrogen and oxygen atoms in total. The Morgan fingerprint density at radius 2 is 1.89 bits per heavy atom. The average molecular weight is 386 g/mol. The molecule has 3 rings (SSSR count). The minimum absolute atomic E-state index is 0.0880. The summed E-state index contributed by atoms with van der Waals surface area (Å²) in [7, 11) is 1.70. The molecule has 0 unspecified atom stereocenters. The fourth-order valence-corrected chi connectivity index (χ4v) is 3.01. The highest BCUT2D eigenvalue weighted by Gasteiger charge is 2.16. The van der Waals surface area contributed by atoms with Crippen LogP contribution in [0.3, 0.4) is 0 Å². The minimum Gasteiger partial charge on any atom is -0.396 e. The number of fused-ring (bicyclic) bond motifs is 1. The summed E-state index contributed by atoms with van der Waals surface area (Å²) in [6.45, 7) is 0.361. The van der Waals surface area contributed by atoms with Crippen LogP contribution in [0.1, 0.15) is 28.0 Å². The highest BCUT2D eigenvalue weighted by Crippen LogP contribution is 2.14. The van der Waals surface area contributed by atoms with Gasteiger partial charge < -0.3 is 10.4 Å². The summed E-state index contributed by atoms with van der Waals surface area (Å²) in [5, 5.41) is 16.9. The third kappa shape index (κ3) is 4.35. The number of hydrogen-bond donors (Lipinski definition) is 2. The molecule has 1 aromatic heterocycles. The van der Waals surface area contributed by atoms with Gasteiger partial charge in [-0.1, -0.05) is 29.8 Å². The number of amides is 1. The first-order valence-electron chi connectivity index (χ1n) is 8.63. The number of rotatable bonds is 6. The van der Waals surface area contributed by atoms with E-state index in [1.54, 1.807) is 25.2 Å². The summed E-state index contributed by atoms with van der Waals surface area (Å²) in [6.07, 6.45) is 1.28. The summed E-state index contributed by atoms with van der Waals surface area (Å²) in [4.78, 5) is 25.3. The standard InChI is InChI=1S/C20H20ClN3O3/c1-24-17-9-6-13(3-2-10-25)11-16(17)19(26)18(23-24)20(27)22-12-14-4-7-15(21)8-5-14/h4-9,11,25H,2-3,10,12H2,1H3,(H,22,27). The molecule has 27 heavy (non-hydrogen) atoms. The summed E-state index contributed by atoms with van der Waals surface area (Å²) in [6, 6.07) is 12.6. The van der Waals surface area contributed by atoms with E-state index in [1.165, 1.54) is 4.68 Å². The second-order valence-corrected chi connectivity index (χ2v) is 6.73. The molecular weight excluding hydrogens is 366 g/mol. The Balaban J connectivity index is 1.88. The van der Waals surface area contributed by atoms with Crippen molar-refractivity contribution >= 4 is 28.4 Å². The van der Waals surface area contributed by atoms with Crippen LogP contribution in [0.2, 0.25) is 5.02 Å². The zero-order chi connectivity index (χ0) is 19.4. The Labute approximate surface area is 161 Å². The van der Waals surface area contributed by atoms with E-state index in [4.69, 9.17) is 16.7 Å². The molecule has 0 atom stereocenters. The van der Waals surface area contributed by atoms with Crippen LogP contribution in [0.4, 0.5) is 0 Å². The van der Waals surface area contributed by atoms with E-state index >= 15 is 0 Å². The van der Waals surface area contributed by atoms with Crippen LogP contribution >= 0.6 is 11.6 Å². The zero-order valence-electron chi connectivity index (χ0n) is 14.9. The minimum atomic E-state index is -0.520. The maximum atomic E-state index is 12.8. The van der Waals surface area contributed by atoms with Crippen LogP contribution in [-0.2, 0) is 20.0 Å². The van der Waals surface area contributed by atoms with Crippen molar-refractivity contribution in [1.82, 2.24) is 15.1 Å². The van der Waals surface area contributed by atoms with Gasteiger partial charge in [-0.3, -0.25) is 14.3 Å². The highest BCUT2D eigenvalue weighted by molar-refractivity contribution is 6.30. The van der Waals surface area contributed by atoms with E-state index in [0.29, 0.717) is 28.8 Å². The van der Waals surface area contributed by atoms with Gasteiger partial charge in [-0.15, -0.1) is 0 Å². The number of benzene rings is 2. The molecule has 0 aliphatic heterocycles. The highest BCUT2D eigenvalue weighted by atomic mass is 35.5. The van der Waals surface area contributed by atoms with E-state index in [0.717, 1.165) is 11.1 Å². The first kappa shape index (κ1) is 19.1. The first-order valence-corrected chi connectivity index (χ1v) is 9.01. The molecule has 0 aliphatic carbocycles. The number of aromatic nitrogens is 2. The molecule has 1 heterocycles. The molecule has 7 heteroatoms. The van der Waals surface area contributed by atoms with Gasteiger partial charge in [-0.2, -0.15) is 5.10 Å². The van der Waals surface area contributed by atoms with Gasteiger partial charge in [0.25, 0.3) is 5.91 Å². The molecule has 0 spiro atoms. The third-order valence-corrected chi connectivity index (χ3v) is 4.58. The van der Waals surface area contributed by atoms with Crippen LogP contribution < -0.4 is 10.7 Å². The topological polar surface area (TPSA) is 84.2 Å². The molecule has 0 saturated carbocycles. The molecule has 0 fully saturated rings. The quantitative estimate of drug-likeness (QED) is 0.682. The number of nitrogens with zero attached hydrogens (tertiary/aromatic N) is 2. The lowest BCUT2D eigenvalue weighted by Crippen LogP contribution is -2.31. The van der Waals surface area contributed by atoms with Gasteiger partial charge >= 0.3 is 0 Å². The third-order valence-electron chi connectivity index (χ3n) is 4.32. The lowest BCUT2D eigenvalue weighted by molar-refractivity contribution is 0.0943. The van der Waals surface area contributed by atoms with Crippen LogP contribution in [-0.4, -0.2) is 27.4 Å². The Morgan fingerprint density at radius 3 is 2.59 bits per heavy atom. The molecule has 2 aromatic carbocycles. The number of aliphatic hydroxyl groups is 1. The second-order valence-electron chi connectivity index (χ2n) is 6.29. The molecule has 1 amide bonds. The molecule has 3 aromatic rings. The number of hydrogen-bond acceptors (Lipinski definition) is 4. The fourth-order valence-electron chi connectivity index (χ4n) is 2.88. The van der Waals surface area contributed by atoms with Crippen molar-refractivity contribution in [3.63, 3.8) is 0 Å². The predicted octanol–water partition coefficient (Wildman–Crippen LogP) is 2.44. The van der Waals surface area contributed by atoms with Crippen molar-refractivity contribution in [2.75, 3.05) is 6.61 Å². The molecule has 140 valence electrons. The monoisotopic (exact) mass is 385 g/mol. The van der Waals surface area contributed by atoms with Crippen molar-refractivity contribution in [2.24, 2.45) is 7.05 Å². The number of nitrogens with one attached hydrogen (secondary N) is 1. The van der Waals surface area contributed by atoms with Crippen LogP contribution in [0, 0.1) is 0 Å². The molecule has 0 radical (unpaired) electrons. The Hall–Kier alpha value is -2.70. The predicted molar refractivity (Wildman–Crippen MR) is 105 cm³/mol.